The molecule has 0 saturated heterocycles. The van der Waals surface area contributed by atoms with Crippen molar-refractivity contribution in [2.24, 2.45) is 0 Å². The van der Waals surface area contributed by atoms with Gasteiger partial charge in [-0.05, 0) is 5.92 Å². The average Bonchev–Trinajstić information content (AvgIpc) is 2.04. The van der Waals surface area contributed by atoms with Gasteiger partial charge in [0.25, 0.3) is 0 Å². The Labute approximate surface area is 79.7 Å². The van der Waals surface area contributed by atoms with Gasteiger partial charge in [-0.1, -0.05) is 23.2 Å². The van der Waals surface area contributed by atoms with E-state index >= 15 is 0 Å². The van der Waals surface area contributed by atoms with E-state index in [2.05, 4.69) is 16.8 Å². The summed E-state index contributed by atoms with van der Waals surface area (Å²) in [4.78, 5) is 3.74. The Morgan fingerprint density at radius 2 is 1.83 bits per heavy atom. The molecule has 0 amide bonds. The monoisotopic (exact) mass is 196 g/mol. The van der Waals surface area contributed by atoms with Crippen LogP contribution in [0, 0.1) is 23.2 Å². The molecule has 0 aliphatic rings. The molecular weight excluding hydrogens is 195 g/mol. The molecule has 0 radical (unpaired) electrons. The van der Waals surface area contributed by atoms with Crippen molar-refractivity contribution in [2.75, 3.05) is 0 Å². The first-order valence-corrected chi connectivity index (χ1v) is 3.70. The van der Waals surface area contributed by atoms with Crippen molar-refractivity contribution in [3.63, 3.8) is 0 Å². The van der Waals surface area contributed by atoms with Gasteiger partial charge in [0.2, 0.25) is 0 Å². The molecule has 0 atom stereocenters. The molecule has 1 rings (SSSR count). The van der Waals surface area contributed by atoms with Gasteiger partial charge >= 0.3 is 0 Å². The average molecular weight is 197 g/mol. The summed E-state index contributed by atoms with van der Waals surface area (Å²) in [7, 11) is 0. The van der Waals surface area contributed by atoms with Crippen LogP contribution in [-0.2, 0) is 0 Å². The van der Waals surface area contributed by atoms with Crippen LogP contribution in [0.3, 0.4) is 0 Å². The number of hydrogen-bond acceptors (Lipinski definition) is 2. The fourth-order valence-corrected chi connectivity index (χ4v) is 1.08. The Morgan fingerprint density at radius 3 is 2.33 bits per heavy atom. The van der Waals surface area contributed by atoms with Crippen LogP contribution in [0.25, 0.3) is 0 Å². The fourth-order valence-electron chi connectivity index (χ4n) is 0.621. The molecule has 2 nitrogen and oxygen atoms in total. The molecule has 0 bridgehead atoms. The van der Waals surface area contributed by atoms with E-state index in [0.717, 1.165) is 0 Å². The second-order valence-corrected chi connectivity index (χ2v) is 2.65. The highest BCUT2D eigenvalue weighted by Crippen LogP contribution is 2.21. The number of rotatable bonds is 0. The van der Waals surface area contributed by atoms with Crippen LogP contribution >= 0.6 is 23.2 Å². The van der Waals surface area contributed by atoms with Crippen molar-refractivity contribution in [2.45, 2.75) is 0 Å². The lowest BCUT2D eigenvalue weighted by Gasteiger charge is -1.95. The largest absolute Gasteiger partial charge is 0.262 e. The summed E-state index contributed by atoms with van der Waals surface area (Å²) in [6.45, 7) is 0. The highest BCUT2D eigenvalue weighted by atomic mass is 35.5. The minimum atomic E-state index is 0.352. The van der Waals surface area contributed by atoms with E-state index in [4.69, 9.17) is 28.5 Å². The lowest BCUT2D eigenvalue weighted by atomic mass is 10.3. The van der Waals surface area contributed by atoms with Gasteiger partial charge in [-0.15, -0.1) is 0 Å². The minimum absolute atomic E-state index is 0.352. The molecule has 0 fully saturated rings. The molecule has 0 saturated carbocycles. The smallest absolute Gasteiger partial charge is 0.152 e. The predicted molar refractivity (Wildman–Crippen MR) is 46.7 cm³/mol. The molecule has 12 heavy (non-hydrogen) atoms. The Kier molecular flexibility index (Phi) is 2.94. The van der Waals surface area contributed by atoms with Crippen molar-refractivity contribution in [3.05, 3.63) is 28.0 Å². The van der Waals surface area contributed by atoms with Gasteiger partial charge in [0, 0.05) is 18.3 Å². The van der Waals surface area contributed by atoms with Gasteiger partial charge in [-0.2, -0.15) is 5.26 Å². The number of halogens is 2. The molecule has 0 aromatic carbocycles. The van der Waals surface area contributed by atoms with Gasteiger partial charge < -0.3 is 0 Å². The molecule has 0 aliphatic carbocycles. The topological polar surface area (TPSA) is 36.7 Å². The maximum absolute atomic E-state index is 8.18. The Hall–Kier alpha value is -1.22. The lowest BCUT2D eigenvalue weighted by molar-refractivity contribution is 1.32. The first-order chi connectivity index (χ1) is 5.75. The quantitative estimate of drug-likeness (QED) is 0.598. The van der Waals surface area contributed by atoms with Gasteiger partial charge in [-0.25, -0.2) is 0 Å². The fraction of sp³-hybridized carbons (Fsp3) is 0. The first kappa shape index (κ1) is 8.87. The van der Waals surface area contributed by atoms with E-state index in [1.165, 1.54) is 12.4 Å². The van der Waals surface area contributed by atoms with Crippen molar-refractivity contribution in [3.8, 4) is 17.9 Å². The van der Waals surface area contributed by atoms with Crippen LogP contribution in [0.4, 0.5) is 0 Å². The Bertz CT molecular complexity index is 375. The number of pyridine rings is 1. The van der Waals surface area contributed by atoms with Crippen LogP contribution in [0.2, 0.25) is 10.0 Å². The molecular formula is C8H2Cl2N2. The summed E-state index contributed by atoms with van der Waals surface area (Å²) in [6.07, 6.45) is 2.85. The van der Waals surface area contributed by atoms with Gasteiger partial charge in [0.1, 0.15) is 0 Å². The third kappa shape index (κ3) is 1.89. The van der Waals surface area contributed by atoms with Crippen molar-refractivity contribution < 1.29 is 0 Å². The molecule has 0 spiro atoms. The molecule has 1 aromatic heterocycles. The predicted octanol–water partition coefficient (Wildman–Crippen LogP) is 2.26. The van der Waals surface area contributed by atoms with Gasteiger partial charge in [0.05, 0.1) is 15.6 Å². The molecule has 0 unspecified atom stereocenters. The SMILES string of the molecule is N#CC#Cc1c(Cl)cncc1Cl. The van der Waals surface area contributed by atoms with Crippen molar-refractivity contribution in [1.82, 2.24) is 4.98 Å². The number of nitriles is 1. The summed E-state index contributed by atoms with van der Waals surface area (Å²) in [6, 6.07) is 1.67. The van der Waals surface area contributed by atoms with E-state index in [0.29, 0.717) is 15.6 Å². The van der Waals surface area contributed by atoms with Crippen LogP contribution in [0.1, 0.15) is 5.56 Å². The molecule has 0 aliphatic heterocycles. The normalized spacial score (nSPS) is 8.08. The zero-order chi connectivity index (χ0) is 8.97. The standard InChI is InChI=1S/C8H2Cl2N2/c9-7-4-12-5-8(10)6(7)2-1-3-11/h4-5H. The van der Waals surface area contributed by atoms with Crippen molar-refractivity contribution in [1.29, 1.82) is 5.26 Å². The second-order valence-electron chi connectivity index (χ2n) is 1.84. The second kappa shape index (κ2) is 3.97. The molecule has 1 heterocycles. The van der Waals surface area contributed by atoms with E-state index in [1.54, 1.807) is 6.07 Å². The number of nitrogens with zero attached hydrogens (tertiary/aromatic N) is 2. The third-order valence-corrected chi connectivity index (χ3v) is 1.67. The van der Waals surface area contributed by atoms with E-state index in [9.17, 15) is 0 Å². The summed E-state index contributed by atoms with van der Waals surface area (Å²) in [5, 5.41) is 8.89. The number of aromatic nitrogens is 1. The van der Waals surface area contributed by atoms with Crippen LogP contribution in [0.15, 0.2) is 12.4 Å². The highest BCUT2D eigenvalue weighted by Gasteiger charge is 2.01. The first-order valence-electron chi connectivity index (χ1n) is 2.95. The molecule has 4 heteroatoms. The highest BCUT2D eigenvalue weighted by molar-refractivity contribution is 6.36. The van der Waals surface area contributed by atoms with Crippen molar-refractivity contribution >= 4 is 23.2 Å². The summed E-state index contributed by atoms with van der Waals surface area (Å²) in [5.74, 6) is 4.72. The maximum atomic E-state index is 8.18. The van der Waals surface area contributed by atoms with E-state index in [-0.39, 0.29) is 0 Å². The van der Waals surface area contributed by atoms with Crippen LogP contribution in [0.5, 0.6) is 0 Å². The summed E-state index contributed by atoms with van der Waals surface area (Å²) < 4.78 is 0. The summed E-state index contributed by atoms with van der Waals surface area (Å²) >= 11 is 11.4. The molecule has 58 valence electrons. The van der Waals surface area contributed by atoms with Crippen LogP contribution < -0.4 is 0 Å². The Morgan fingerprint density at radius 1 is 1.25 bits per heavy atom. The van der Waals surface area contributed by atoms with Crippen LogP contribution in [-0.4, -0.2) is 4.98 Å². The van der Waals surface area contributed by atoms with Gasteiger partial charge in [0.15, 0.2) is 6.07 Å². The van der Waals surface area contributed by atoms with Gasteiger partial charge in [-0.3, -0.25) is 4.98 Å². The zero-order valence-electron chi connectivity index (χ0n) is 5.81. The Balaban J connectivity index is 3.24. The molecule has 0 N–H and O–H groups in total. The minimum Gasteiger partial charge on any atom is -0.262 e. The van der Waals surface area contributed by atoms with E-state index in [1.807, 2.05) is 0 Å². The number of hydrogen-bond donors (Lipinski definition) is 0. The summed E-state index contributed by atoms with van der Waals surface area (Å²) in [5.41, 5.74) is 0.440. The lowest BCUT2D eigenvalue weighted by Crippen LogP contribution is -1.81. The third-order valence-electron chi connectivity index (χ3n) is 1.10. The maximum Gasteiger partial charge on any atom is 0.152 e. The molecule has 1 aromatic rings. The zero-order valence-corrected chi connectivity index (χ0v) is 7.32. The van der Waals surface area contributed by atoms with E-state index < -0.39 is 0 Å².